The smallest absolute Gasteiger partial charge is 0.327 e. The first kappa shape index (κ1) is 23.4. The van der Waals surface area contributed by atoms with Crippen molar-refractivity contribution in [2.24, 2.45) is 5.92 Å². The number of aliphatic carboxylic acids is 1. The lowest BCUT2D eigenvalue weighted by molar-refractivity contribution is -0.136. The Morgan fingerprint density at radius 1 is 1.08 bits per heavy atom. The molecule has 0 aliphatic carbocycles. The topological polar surface area (TPSA) is 83.5 Å². The van der Waals surface area contributed by atoms with Gasteiger partial charge in [0, 0.05) is 18.4 Å². The Morgan fingerprint density at radius 3 is 2.00 bits per heavy atom. The van der Waals surface area contributed by atoms with E-state index in [2.05, 4.69) is 18.8 Å². The molecule has 0 aromatic rings. The normalized spacial score (nSPS) is 16.6. The first-order valence-corrected chi connectivity index (χ1v) is 9.70. The summed E-state index contributed by atoms with van der Waals surface area (Å²) < 4.78 is 0. The number of amides is 2. The fourth-order valence-electron chi connectivity index (χ4n) is 2.89. The highest BCUT2D eigenvalue weighted by Crippen LogP contribution is 2.20. The Morgan fingerprint density at radius 2 is 1.56 bits per heavy atom. The van der Waals surface area contributed by atoms with Crippen molar-refractivity contribution in [1.82, 2.24) is 5.32 Å². The molecule has 1 unspecified atom stereocenters. The predicted molar refractivity (Wildman–Crippen MR) is 100 cm³/mol. The lowest BCUT2D eigenvalue weighted by Gasteiger charge is -2.20. The molecule has 2 N–H and O–H groups in total. The molecule has 1 aliphatic rings. The fourth-order valence-corrected chi connectivity index (χ4v) is 2.89. The second-order valence-electron chi connectivity index (χ2n) is 6.66. The summed E-state index contributed by atoms with van der Waals surface area (Å²) in [6, 6.07) is 0. The molecule has 5 heteroatoms. The van der Waals surface area contributed by atoms with Crippen molar-refractivity contribution in [2.45, 2.75) is 90.4 Å². The van der Waals surface area contributed by atoms with Crippen molar-refractivity contribution in [2.75, 3.05) is 0 Å². The maximum Gasteiger partial charge on any atom is 0.327 e. The Labute approximate surface area is 152 Å². The van der Waals surface area contributed by atoms with Crippen LogP contribution in [0.4, 0.5) is 0 Å². The van der Waals surface area contributed by atoms with Crippen LogP contribution >= 0.6 is 0 Å². The van der Waals surface area contributed by atoms with Gasteiger partial charge in [0.15, 0.2) is 0 Å². The minimum absolute atomic E-state index is 0.0443. The molecular weight excluding hydrogens is 318 g/mol. The van der Waals surface area contributed by atoms with Gasteiger partial charge in [-0.3, -0.25) is 14.9 Å². The first-order chi connectivity index (χ1) is 12.0. The molecule has 25 heavy (non-hydrogen) atoms. The van der Waals surface area contributed by atoms with Crippen molar-refractivity contribution in [3.8, 4) is 0 Å². The largest absolute Gasteiger partial charge is 0.478 e. The number of carbonyl (C=O) groups is 3. The molecule has 0 aromatic heterocycles. The number of carboxylic acids is 1. The Bertz CT molecular complexity index is 407. The quantitative estimate of drug-likeness (QED) is 0.305. The second-order valence-corrected chi connectivity index (χ2v) is 6.66. The van der Waals surface area contributed by atoms with Crippen molar-refractivity contribution in [1.29, 1.82) is 0 Å². The predicted octanol–water partition coefficient (Wildman–Crippen LogP) is 4.61. The van der Waals surface area contributed by atoms with Crippen molar-refractivity contribution in [3.63, 3.8) is 0 Å². The van der Waals surface area contributed by atoms with Gasteiger partial charge in [0.25, 0.3) is 0 Å². The molecule has 2 amide bonds. The van der Waals surface area contributed by atoms with E-state index in [0.717, 1.165) is 25.3 Å². The van der Waals surface area contributed by atoms with Gasteiger partial charge in [-0.05, 0) is 12.8 Å². The van der Waals surface area contributed by atoms with Gasteiger partial charge in [0.1, 0.15) is 0 Å². The van der Waals surface area contributed by atoms with Crippen LogP contribution < -0.4 is 5.32 Å². The Hall–Kier alpha value is -1.65. The highest BCUT2D eigenvalue weighted by molar-refractivity contribution is 5.98. The highest BCUT2D eigenvalue weighted by Gasteiger charge is 2.25. The number of carbonyl (C=O) groups excluding carboxylic acids is 2. The van der Waals surface area contributed by atoms with E-state index in [9.17, 15) is 14.4 Å². The summed E-state index contributed by atoms with van der Waals surface area (Å²) in [5, 5.41) is 10.0. The van der Waals surface area contributed by atoms with Gasteiger partial charge in [-0.25, -0.2) is 4.79 Å². The summed E-state index contributed by atoms with van der Waals surface area (Å²) in [5.41, 5.74) is 0. The fraction of sp³-hybridized carbons (Fsp3) is 0.750. The third-order valence-corrected chi connectivity index (χ3v) is 4.43. The molecule has 0 bridgehead atoms. The molecule has 0 radical (unpaired) electrons. The number of nitrogens with one attached hydrogen (secondary N) is 1. The zero-order chi connectivity index (χ0) is 18.9. The van der Waals surface area contributed by atoms with Crippen LogP contribution in [0.2, 0.25) is 0 Å². The van der Waals surface area contributed by atoms with E-state index in [4.69, 9.17) is 5.11 Å². The molecule has 1 saturated heterocycles. The van der Waals surface area contributed by atoms with Gasteiger partial charge >= 0.3 is 5.97 Å². The van der Waals surface area contributed by atoms with Crippen molar-refractivity contribution < 1.29 is 19.5 Å². The van der Waals surface area contributed by atoms with E-state index in [0.29, 0.717) is 6.42 Å². The number of hydrogen-bond acceptors (Lipinski definition) is 3. The van der Waals surface area contributed by atoms with Gasteiger partial charge in [-0.1, -0.05) is 77.7 Å². The third-order valence-electron chi connectivity index (χ3n) is 4.43. The highest BCUT2D eigenvalue weighted by atomic mass is 16.4. The van der Waals surface area contributed by atoms with Gasteiger partial charge in [-0.15, -0.1) is 0 Å². The van der Waals surface area contributed by atoms with E-state index in [1.165, 1.54) is 57.8 Å². The molecule has 144 valence electrons. The lowest BCUT2D eigenvalue weighted by Crippen LogP contribution is -2.40. The van der Waals surface area contributed by atoms with Crippen LogP contribution in [0.15, 0.2) is 12.7 Å². The van der Waals surface area contributed by atoms with Crippen LogP contribution in [0.5, 0.6) is 0 Å². The summed E-state index contributed by atoms with van der Waals surface area (Å²) in [6.07, 6.45) is 16.3. The van der Waals surface area contributed by atoms with E-state index >= 15 is 0 Å². The Balaban J connectivity index is 0.00000101. The van der Waals surface area contributed by atoms with Crippen molar-refractivity contribution >= 4 is 17.8 Å². The number of piperidine rings is 1. The monoisotopic (exact) mass is 353 g/mol. The van der Waals surface area contributed by atoms with Crippen LogP contribution in [-0.2, 0) is 14.4 Å². The van der Waals surface area contributed by atoms with Crippen LogP contribution in [0.25, 0.3) is 0 Å². The number of carboxylic acid groups (broad SMARTS) is 1. The zero-order valence-electron chi connectivity index (χ0n) is 15.7. The summed E-state index contributed by atoms with van der Waals surface area (Å²) in [5.74, 6) is -1.04. The maximum atomic E-state index is 11.6. The molecule has 1 heterocycles. The molecule has 1 aliphatic heterocycles. The minimum atomic E-state index is -0.981. The van der Waals surface area contributed by atoms with Gasteiger partial charge in [0.05, 0.1) is 0 Å². The second kappa shape index (κ2) is 15.9. The molecular formula is C20H35NO4. The van der Waals surface area contributed by atoms with Crippen LogP contribution in [-0.4, -0.2) is 22.9 Å². The minimum Gasteiger partial charge on any atom is -0.478 e. The number of hydrogen-bond donors (Lipinski definition) is 2. The standard InChI is InChI=1S/C17H31NO2.C3H4O2/c1-2-3-4-5-6-7-8-9-10-11-12-15-13-14-16(19)18-17(15)20;1-2-3(4)5/h15H,2-14H2,1H3,(H,18,19,20);2H,1H2,(H,4,5). The first-order valence-electron chi connectivity index (χ1n) is 9.70. The summed E-state index contributed by atoms with van der Waals surface area (Å²) in [6.45, 7) is 5.21. The van der Waals surface area contributed by atoms with E-state index < -0.39 is 5.97 Å². The average Bonchev–Trinajstić information content (AvgIpc) is 2.58. The van der Waals surface area contributed by atoms with Crippen LogP contribution in [0.3, 0.4) is 0 Å². The molecule has 1 atom stereocenters. The molecule has 5 nitrogen and oxygen atoms in total. The summed E-state index contributed by atoms with van der Waals surface area (Å²) >= 11 is 0. The van der Waals surface area contributed by atoms with Gasteiger partial charge in [0.2, 0.25) is 11.8 Å². The zero-order valence-corrected chi connectivity index (χ0v) is 15.7. The Kier molecular flexibility index (Phi) is 14.8. The van der Waals surface area contributed by atoms with Crippen LogP contribution in [0.1, 0.15) is 90.4 Å². The molecule has 0 saturated carbocycles. The molecule has 0 spiro atoms. The lowest BCUT2D eigenvalue weighted by atomic mass is 9.92. The van der Waals surface area contributed by atoms with Gasteiger partial charge < -0.3 is 5.11 Å². The number of rotatable bonds is 12. The van der Waals surface area contributed by atoms with E-state index in [-0.39, 0.29) is 17.7 Å². The van der Waals surface area contributed by atoms with E-state index in [1.807, 2.05) is 0 Å². The molecule has 0 aromatic carbocycles. The molecule has 1 fully saturated rings. The van der Waals surface area contributed by atoms with Gasteiger partial charge in [-0.2, -0.15) is 0 Å². The third kappa shape index (κ3) is 14.4. The summed E-state index contributed by atoms with van der Waals surface area (Å²) in [7, 11) is 0. The maximum absolute atomic E-state index is 11.6. The molecule has 1 rings (SSSR count). The SMILES string of the molecule is C=CC(=O)O.CCCCCCCCCCCCC1CCC(=O)NC1=O. The number of imide groups is 1. The average molecular weight is 354 g/mol. The number of unbranched alkanes of at least 4 members (excludes halogenated alkanes) is 9. The van der Waals surface area contributed by atoms with E-state index in [1.54, 1.807) is 0 Å². The van der Waals surface area contributed by atoms with Crippen molar-refractivity contribution in [3.05, 3.63) is 12.7 Å². The summed E-state index contributed by atoms with van der Waals surface area (Å²) in [4.78, 5) is 31.8. The van der Waals surface area contributed by atoms with Crippen LogP contribution in [0, 0.1) is 5.92 Å².